The molecule has 8 nitrogen and oxygen atoms in total. The minimum Gasteiger partial charge on any atom is -0.457 e. The topological polar surface area (TPSA) is 108 Å². The highest BCUT2D eigenvalue weighted by molar-refractivity contribution is 6.16. The van der Waals surface area contributed by atoms with Gasteiger partial charge in [0.05, 0.1) is 11.4 Å². The van der Waals surface area contributed by atoms with Gasteiger partial charge in [0, 0.05) is 28.2 Å². The minimum atomic E-state index is -1.14. The number of carbonyl (C=O) groups is 2. The van der Waals surface area contributed by atoms with Gasteiger partial charge in [-0.2, -0.15) is 5.10 Å². The number of benzene rings is 3. The van der Waals surface area contributed by atoms with Gasteiger partial charge in [0.15, 0.2) is 0 Å². The fourth-order valence-corrected chi connectivity index (χ4v) is 4.32. The van der Waals surface area contributed by atoms with Crippen molar-refractivity contribution < 1.29 is 18.7 Å². The summed E-state index contributed by atoms with van der Waals surface area (Å²) < 4.78 is 19.3. The summed E-state index contributed by atoms with van der Waals surface area (Å²) in [6.07, 6.45) is 2.72. The van der Waals surface area contributed by atoms with Crippen LogP contribution in [-0.4, -0.2) is 28.7 Å². The highest BCUT2D eigenvalue weighted by Crippen LogP contribution is 2.47. The molecule has 1 aliphatic carbocycles. The Morgan fingerprint density at radius 1 is 1.00 bits per heavy atom. The van der Waals surface area contributed by atoms with Crippen LogP contribution in [0.15, 0.2) is 83.9 Å². The molecule has 0 unspecified atom stereocenters. The number of H-pyrrole nitrogens is 1. The van der Waals surface area contributed by atoms with Crippen LogP contribution in [0.1, 0.15) is 31.0 Å². The van der Waals surface area contributed by atoms with Crippen molar-refractivity contribution in [3.05, 3.63) is 95.9 Å². The molecule has 0 aliphatic heterocycles. The SMILES string of the molecule is C=Nc1cc(-c2cc(C)[nH]n2)ccc1/C(=C\C)Oc1ccc(NC(=O)C2(C(=O)Nc3ccc(F)cc3)CC2)cc1. The molecule has 1 fully saturated rings. The van der Waals surface area contributed by atoms with E-state index in [0.717, 1.165) is 22.5 Å². The molecule has 9 heteroatoms. The molecule has 0 bridgehead atoms. The van der Waals surface area contributed by atoms with Crippen molar-refractivity contribution in [2.75, 3.05) is 10.6 Å². The number of nitrogens with one attached hydrogen (secondary N) is 3. The lowest BCUT2D eigenvalue weighted by Gasteiger charge is -2.16. The number of halogens is 1. The fraction of sp³-hybridized carbons (Fsp3) is 0.161. The molecule has 1 heterocycles. The van der Waals surface area contributed by atoms with E-state index in [0.29, 0.717) is 41.4 Å². The molecule has 0 spiro atoms. The van der Waals surface area contributed by atoms with E-state index in [1.807, 2.05) is 44.2 Å². The van der Waals surface area contributed by atoms with E-state index in [1.54, 1.807) is 24.3 Å². The number of anilines is 2. The summed E-state index contributed by atoms with van der Waals surface area (Å²) in [7, 11) is 0. The maximum atomic E-state index is 13.2. The second-order valence-corrected chi connectivity index (χ2v) is 9.60. The van der Waals surface area contributed by atoms with Crippen LogP contribution in [0.5, 0.6) is 5.75 Å². The number of nitrogens with zero attached hydrogens (tertiary/aromatic N) is 2. The fourth-order valence-electron chi connectivity index (χ4n) is 4.32. The van der Waals surface area contributed by atoms with Crippen molar-refractivity contribution >= 4 is 41.4 Å². The average Bonchev–Trinajstić information content (AvgIpc) is 3.68. The van der Waals surface area contributed by atoms with Crippen molar-refractivity contribution in [2.24, 2.45) is 10.4 Å². The summed E-state index contributed by atoms with van der Waals surface area (Å²) in [6.45, 7) is 7.52. The third-order valence-corrected chi connectivity index (χ3v) is 6.76. The normalized spacial score (nSPS) is 13.8. The molecule has 0 radical (unpaired) electrons. The number of aromatic amines is 1. The Balaban J connectivity index is 1.24. The Labute approximate surface area is 231 Å². The number of hydrogen-bond donors (Lipinski definition) is 3. The van der Waals surface area contributed by atoms with E-state index >= 15 is 0 Å². The Morgan fingerprint density at radius 3 is 2.15 bits per heavy atom. The molecule has 202 valence electrons. The van der Waals surface area contributed by atoms with Crippen LogP contribution < -0.4 is 15.4 Å². The number of allylic oxidation sites excluding steroid dienone is 1. The first kappa shape index (κ1) is 26.6. The molecule has 3 N–H and O–H groups in total. The second-order valence-electron chi connectivity index (χ2n) is 9.60. The summed E-state index contributed by atoms with van der Waals surface area (Å²) in [5, 5.41) is 12.8. The molecule has 5 rings (SSSR count). The van der Waals surface area contributed by atoms with Gasteiger partial charge in [0.1, 0.15) is 22.7 Å². The van der Waals surface area contributed by atoms with E-state index in [4.69, 9.17) is 4.74 Å². The van der Waals surface area contributed by atoms with Gasteiger partial charge in [-0.25, -0.2) is 4.39 Å². The van der Waals surface area contributed by atoms with E-state index in [9.17, 15) is 14.0 Å². The number of aryl methyl sites for hydroxylation is 1. The molecule has 40 heavy (non-hydrogen) atoms. The first-order valence-electron chi connectivity index (χ1n) is 12.8. The number of aromatic nitrogens is 2. The average molecular weight is 538 g/mol. The van der Waals surface area contributed by atoms with E-state index in [1.165, 1.54) is 24.3 Å². The zero-order valence-electron chi connectivity index (χ0n) is 22.1. The molecule has 0 atom stereocenters. The number of ether oxygens (including phenoxy) is 1. The molecule has 1 aromatic heterocycles. The predicted molar refractivity (Wildman–Crippen MR) is 154 cm³/mol. The van der Waals surface area contributed by atoms with Crippen LogP contribution in [0.3, 0.4) is 0 Å². The van der Waals surface area contributed by atoms with Crippen LogP contribution in [0.25, 0.3) is 17.0 Å². The summed E-state index contributed by atoms with van der Waals surface area (Å²) in [5.74, 6) is -0.0402. The monoisotopic (exact) mass is 537 g/mol. The molecule has 1 saturated carbocycles. The first-order valence-corrected chi connectivity index (χ1v) is 12.8. The Bertz CT molecular complexity index is 1600. The van der Waals surface area contributed by atoms with Crippen LogP contribution in [0, 0.1) is 18.2 Å². The largest absolute Gasteiger partial charge is 0.457 e. The third-order valence-electron chi connectivity index (χ3n) is 6.76. The maximum Gasteiger partial charge on any atom is 0.240 e. The lowest BCUT2D eigenvalue weighted by Crippen LogP contribution is -2.35. The summed E-state index contributed by atoms with van der Waals surface area (Å²) >= 11 is 0. The van der Waals surface area contributed by atoms with Gasteiger partial charge in [0.25, 0.3) is 0 Å². The lowest BCUT2D eigenvalue weighted by molar-refractivity contribution is -0.131. The van der Waals surface area contributed by atoms with Gasteiger partial charge in [-0.3, -0.25) is 19.7 Å². The number of carbonyl (C=O) groups excluding carboxylic acids is 2. The van der Waals surface area contributed by atoms with Crippen LogP contribution in [-0.2, 0) is 9.59 Å². The van der Waals surface area contributed by atoms with Crippen LogP contribution in [0.4, 0.5) is 21.5 Å². The highest BCUT2D eigenvalue weighted by atomic mass is 19.1. The van der Waals surface area contributed by atoms with Gasteiger partial charge < -0.3 is 15.4 Å². The Hall–Kier alpha value is -5.05. The van der Waals surface area contributed by atoms with Crippen LogP contribution >= 0.6 is 0 Å². The van der Waals surface area contributed by atoms with E-state index < -0.39 is 17.1 Å². The summed E-state index contributed by atoms with van der Waals surface area (Å²) in [6, 6.07) is 20.1. The van der Waals surface area contributed by atoms with Gasteiger partial charge in [-0.05, 0) is 106 Å². The van der Waals surface area contributed by atoms with E-state index in [2.05, 4.69) is 32.5 Å². The number of hydrogen-bond acceptors (Lipinski definition) is 5. The zero-order valence-corrected chi connectivity index (χ0v) is 22.1. The standard InChI is InChI=1S/C31H28FN5O3/c1-4-28(25-14-5-20(18-27(25)33-3)26-17-19(2)36-37-26)40-24-12-10-23(11-13-24)35-30(39)31(15-16-31)29(38)34-22-8-6-21(32)7-9-22/h4-14,17-18H,3,15-16H2,1-2H3,(H,34,38)(H,35,39)(H,36,37)/b28-4+. The highest BCUT2D eigenvalue weighted by Gasteiger charge is 2.56. The van der Waals surface area contributed by atoms with Crippen molar-refractivity contribution in [3.8, 4) is 17.0 Å². The summed E-state index contributed by atoms with van der Waals surface area (Å²) in [5.41, 5.74) is 3.94. The maximum absolute atomic E-state index is 13.2. The van der Waals surface area contributed by atoms with Crippen molar-refractivity contribution in [1.29, 1.82) is 0 Å². The van der Waals surface area contributed by atoms with Crippen LogP contribution in [0.2, 0.25) is 0 Å². The lowest BCUT2D eigenvalue weighted by atomic mass is 10.0. The molecule has 4 aromatic rings. The first-order chi connectivity index (χ1) is 19.3. The summed E-state index contributed by atoms with van der Waals surface area (Å²) in [4.78, 5) is 30.0. The van der Waals surface area contributed by atoms with Gasteiger partial charge in [0.2, 0.25) is 11.8 Å². The quantitative estimate of drug-likeness (QED) is 0.126. The van der Waals surface area contributed by atoms with Gasteiger partial charge in [-0.15, -0.1) is 0 Å². The van der Waals surface area contributed by atoms with Crippen molar-refractivity contribution in [2.45, 2.75) is 26.7 Å². The number of aliphatic imine (C=N–C) groups is 1. The predicted octanol–water partition coefficient (Wildman–Crippen LogP) is 6.65. The minimum absolute atomic E-state index is 0.385. The van der Waals surface area contributed by atoms with Gasteiger partial charge in [-0.1, -0.05) is 6.07 Å². The van der Waals surface area contributed by atoms with Crippen molar-refractivity contribution in [3.63, 3.8) is 0 Å². The number of rotatable bonds is 9. The third kappa shape index (κ3) is 5.54. The molecule has 3 aromatic carbocycles. The van der Waals surface area contributed by atoms with E-state index in [-0.39, 0.29) is 5.91 Å². The number of amides is 2. The molecule has 1 aliphatic rings. The van der Waals surface area contributed by atoms with Gasteiger partial charge >= 0.3 is 0 Å². The molecule has 2 amide bonds. The Morgan fingerprint density at radius 2 is 1.62 bits per heavy atom. The molecular formula is C31H28FN5O3. The van der Waals surface area contributed by atoms with Crippen molar-refractivity contribution in [1.82, 2.24) is 10.2 Å². The smallest absolute Gasteiger partial charge is 0.240 e. The Kier molecular flexibility index (Phi) is 7.29. The molecular weight excluding hydrogens is 509 g/mol. The molecule has 0 saturated heterocycles. The zero-order chi connectivity index (χ0) is 28.3. The second kappa shape index (κ2) is 11.0.